The zero-order valence-corrected chi connectivity index (χ0v) is 14.6. The van der Waals surface area contributed by atoms with E-state index >= 15 is 0 Å². The van der Waals surface area contributed by atoms with Gasteiger partial charge < -0.3 is 15.0 Å². The molecule has 4 rings (SSSR count). The highest BCUT2D eigenvalue weighted by Crippen LogP contribution is 2.42. The maximum absolute atomic E-state index is 12.7. The quantitative estimate of drug-likeness (QED) is 0.896. The molecule has 25 heavy (non-hydrogen) atoms. The second-order valence-electron chi connectivity index (χ2n) is 6.14. The number of fused-ring (bicyclic) bond motifs is 2. The van der Waals surface area contributed by atoms with Crippen molar-refractivity contribution in [2.75, 3.05) is 23.9 Å². The van der Waals surface area contributed by atoms with Crippen molar-refractivity contribution in [2.45, 2.75) is 28.7 Å². The average Bonchev–Trinajstić information content (AvgIpc) is 3.13. The van der Waals surface area contributed by atoms with Crippen LogP contribution >= 0.6 is 11.8 Å². The van der Waals surface area contributed by atoms with Crippen LogP contribution in [0.3, 0.4) is 0 Å². The number of hydrogen-bond donors (Lipinski definition) is 1. The van der Waals surface area contributed by atoms with Gasteiger partial charge in [0.1, 0.15) is 6.10 Å². The third-order valence-corrected chi connectivity index (χ3v) is 5.58. The second kappa shape index (κ2) is 6.54. The molecular formula is C19H18N2O3S. The van der Waals surface area contributed by atoms with Crippen LogP contribution in [0.4, 0.5) is 11.4 Å². The molecule has 1 fully saturated rings. The van der Waals surface area contributed by atoms with E-state index in [0.29, 0.717) is 17.9 Å². The van der Waals surface area contributed by atoms with Gasteiger partial charge in [-0.05, 0) is 43.2 Å². The lowest BCUT2D eigenvalue weighted by atomic mass is 10.2. The lowest BCUT2D eigenvalue weighted by molar-refractivity contribution is -0.124. The van der Waals surface area contributed by atoms with E-state index in [9.17, 15) is 9.59 Å². The predicted molar refractivity (Wildman–Crippen MR) is 97.3 cm³/mol. The van der Waals surface area contributed by atoms with Crippen molar-refractivity contribution in [3.63, 3.8) is 0 Å². The number of ether oxygens (including phenoxy) is 1. The van der Waals surface area contributed by atoms with Crippen molar-refractivity contribution in [2.24, 2.45) is 0 Å². The number of carbonyl (C=O) groups excluding carboxylic acids is 2. The summed E-state index contributed by atoms with van der Waals surface area (Å²) in [5, 5.41) is 2.92. The van der Waals surface area contributed by atoms with Crippen molar-refractivity contribution in [1.29, 1.82) is 0 Å². The molecule has 0 radical (unpaired) electrons. The molecule has 2 amide bonds. The first-order valence-corrected chi connectivity index (χ1v) is 9.06. The summed E-state index contributed by atoms with van der Waals surface area (Å²) >= 11 is 1.54. The fourth-order valence-electron chi connectivity index (χ4n) is 3.10. The van der Waals surface area contributed by atoms with Gasteiger partial charge in [0, 0.05) is 29.1 Å². The normalized spacial score (nSPS) is 19.2. The maximum Gasteiger partial charge on any atom is 0.259 e. The topological polar surface area (TPSA) is 58.6 Å². The van der Waals surface area contributed by atoms with Crippen LogP contribution in [0, 0.1) is 0 Å². The van der Waals surface area contributed by atoms with E-state index < -0.39 is 0 Å². The van der Waals surface area contributed by atoms with Gasteiger partial charge in [0.25, 0.3) is 11.8 Å². The summed E-state index contributed by atoms with van der Waals surface area (Å²) in [6.07, 6.45) is 1.31. The summed E-state index contributed by atoms with van der Waals surface area (Å²) < 4.78 is 5.43. The van der Waals surface area contributed by atoms with E-state index in [1.165, 1.54) is 11.8 Å². The minimum Gasteiger partial charge on any atom is -0.368 e. The number of benzene rings is 2. The second-order valence-corrected chi connectivity index (χ2v) is 7.22. The van der Waals surface area contributed by atoms with Crippen molar-refractivity contribution in [1.82, 2.24) is 0 Å². The molecule has 0 aliphatic carbocycles. The fourth-order valence-corrected chi connectivity index (χ4v) is 4.24. The molecule has 2 aliphatic heterocycles. The van der Waals surface area contributed by atoms with Crippen molar-refractivity contribution in [3.05, 3.63) is 48.0 Å². The average molecular weight is 354 g/mol. The summed E-state index contributed by atoms with van der Waals surface area (Å²) in [6.45, 7) is 0.641. The van der Waals surface area contributed by atoms with E-state index in [2.05, 4.69) is 5.32 Å². The Balaban J connectivity index is 1.65. The Morgan fingerprint density at radius 1 is 1.24 bits per heavy atom. The van der Waals surface area contributed by atoms with Gasteiger partial charge in [0.15, 0.2) is 0 Å². The van der Waals surface area contributed by atoms with Crippen LogP contribution in [-0.2, 0) is 9.53 Å². The van der Waals surface area contributed by atoms with Gasteiger partial charge in [0.2, 0.25) is 0 Å². The molecule has 5 nitrogen and oxygen atoms in total. The maximum atomic E-state index is 12.7. The van der Waals surface area contributed by atoms with Crippen LogP contribution in [0.1, 0.15) is 23.2 Å². The smallest absolute Gasteiger partial charge is 0.259 e. The van der Waals surface area contributed by atoms with E-state index in [1.54, 1.807) is 11.9 Å². The predicted octanol–water partition coefficient (Wildman–Crippen LogP) is 3.55. The molecule has 2 aromatic rings. The van der Waals surface area contributed by atoms with E-state index in [-0.39, 0.29) is 17.9 Å². The van der Waals surface area contributed by atoms with Gasteiger partial charge in [-0.2, -0.15) is 0 Å². The van der Waals surface area contributed by atoms with Gasteiger partial charge in [-0.3, -0.25) is 9.59 Å². The van der Waals surface area contributed by atoms with Crippen molar-refractivity contribution in [3.8, 4) is 0 Å². The number of carbonyl (C=O) groups is 2. The van der Waals surface area contributed by atoms with Gasteiger partial charge >= 0.3 is 0 Å². The minimum absolute atomic E-state index is 0.0296. The van der Waals surface area contributed by atoms with E-state index in [0.717, 1.165) is 28.3 Å². The molecule has 1 N–H and O–H groups in total. The molecule has 128 valence electrons. The molecule has 0 aromatic heterocycles. The number of nitrogens with one attached hydrogen (secondary N) is 1. The standard InChI is InChI=1S/C19H18N2O3S/c1-21-14-9-8-12(20-18(22)15-6-4-10-24-15)11-17(14)25-16-7-3-2-5-13(16)19(21)23/h2-3,5,7-9,11,15H,4,6,10H2,1H3,(H,20,22)/t15-/m1/s1. The van der Waals surface area contributed by atoms with Crippen LogP contribution in [0.5, 0.6) is 0 Å². The lowest BCUT2D eigenvalue weighted by Crippen LogP contribution is -2.27. The summed E-state index contributed by atoms with van der Waals surface area (Å²) in [6, 6.07) is 13.2. The fraction of sp³-hybridized carbons (Fsp3) is 0.263. The van der Waals surface area contributed by atoms with E-state index in [4.69, 9.17) is 4.74 Å². The molecule has 0 unspecified atom stereocenters. The Morgan fingerprint density at radius 2 is 2.08 bits per heavy atom. The molecule has 2 heterocycles. The van der Waals surface area contributed by atoms with Crippen LogP contribution < -0.4 is 10.2 Å². The first-order chi connectivity index (χ1) is 12.1. The largest absolute Gasteiger partial charge is 0.368 e. The zero-order chi connectivity index (χ0) is 17.4. The summed E-state index contributed by atoms with van der Waals surface area (Å²) in [7, 11) is 1.77. The molecule has 2 aliphatic rings. The lowest BCUT2D eigenvalue weighted by Gasteiger charge is -2.18. The number of amides is 2. The highest BCUT2D eigenvalue weighted by Gasteiger charge is 2.26. The summed E-state index contributed by atoms with van der Waals surface area (Å²) in [5.41, 5.74) is 2.24. The molecule has 0 saturated carbocycles. The highest BCUT2D eigenvalue weighted by molar-refractivity contribution is 7.99. The Bertz CT molecular complexity index is 846. The Morgan fingerprint density at radius 3 is 2.88 bits per heavy atom. The Kier molecular flexibility index (Phi) is 4.23. The monoisotopic (exact) mass is 354 g/mol. The summed E-state index contributed by atoms with van der Waals surface area (Å²) in [4.78, 5) is 28.4. The molecule has 0 spiro atoms. The molecule has 2 aromatic carbocycles. The first-order valence-electron chi connectivity index (χ1n) is 8.25. The van der Waals surface area contributed by atoms with Crippen LogP contribution in [0.15, 0.2) is 52.3 Å². The number of hydrogen-bond acceptors (Lipinski definition) is 4. The number of anilines is 2. The summed E-state index contributed by atoms with van der Waals surface area (Å²) in [5.74, 6) is -0.140. The van der Waals surface area contributed by atoms with Gasteiger partial charge in [0.05, 0.1) is 11.3 Å². The number of nitrogens with zero attached hydrogens (tertiary/aromatic N) is 1. The van der Waals surface area contributed by atoms with Crippen molar-refractivity contribution < 1.29 is 14.3 Å². The highest BCUT2D eigenvalue weighted by atomic mass is 32.2. The van der Waals surface area contributed by atoms with Crippen LogP contribution in [0.25, 0.3) is 0 Å². The molecule has 1 atom stereocenters. The van der Waals surface area contributed by atoms with Gasteiger partial charge in [-0.15, -0.1) is 0 Å². The Hall–Kier alpha value is -2.31. The molecule has 1 saturated heterocycles. The minimum atomic E-state index is -0.364. The van der Waals surface area contributed by atoms with E-state index in [1.807, 2.05) is 42.5 Å². The molecule has 0 bridgehead atoms. The SMILES string of the molecule is CN1C(=O)c2ccccc2Sc2cc(NC(=O)[C@H]3CCCO3)ccc21. The van der Waals surface area contributed by atoms with Crippen LogP contribution in [-0.4, -0.2) is 31.6 Å². The molecular weight excluding hydrogens is 336 g/mol. The number of rotatable bonds is 2. The zero-order valence-electron chi connectivity index (χ0n) is 13.8. The van der Waals surface area contributed by atoms with Crippen molar-refractivity contribution >= 4 is 35.0 Å². The van der Waals surface area contributed by atoms with Gasteiger partial charge in [-0.25, -0.2) is 0 Å². The third-order valence-electron chi connectivity index (χ3n) is 4.45. The third kappa shape index (κ3) is 3.03. The Labute approximate surface area is 150 Å². The first kappa shape index (κ1) is 16.2. The van der Waals surface area contributed by atoms with Gasteiger partial charge in [-0.1, -0.05) is 23.9 Å². The van der Waals surface area contributed by atoms with Crippen LogP contribution in [0.2, 0.25) is 0 Å². The molecule has 6 heteroatoms.